The van der Waals surface area contributed by atoms with Crippen molar-refractivity contribution in [1.82, 2.24) is 20.1 Å². The van der Waals surface area contributed by atoms with Crippen molar-refractivity contribution in [2.45, 2.75) is 13.5 Å². The number of hydrogen-bond donors (Lipinski definition) is 2. The summed E-state index contributed by atoms with van der Waals surface area (Å²) in [6.45, 7) is 3.75. The Morgan fingerprint density at radius 1 is 1.40 bits per heavy atom. The lowest BCUT2D eigenvalue weighted by Crippen LogP contribution is -2.21. The van der Waals surface area contributed by atoms with E-state index in [0.717, 1.165) is 13.1 Å². The van der Waals surface area contributed by atoms with Gasteiger partial charge in [-0.25, -0.2) is 4.98 Å². The van der Waals surface area contributed by atoms with E-state index in [4.69, 9.17) is 0 Å². The molecule has 1 atom stereocenters. The summed E-state index contributed by atoms with van der Waals surface area (Å²) in [4.78, 5) is 15.8. The van der Waals surface area contributed by atoms with Crippen molar-refractivity contribution in [3.63, 3.8) is 0 Å². The van der Waals surface area contributed by atoms with Gasteiger partial charge >= 0.3 is 0 Å². The molecule has 0 spiro atoms. The summed E-state index contributed by atoms with van der Waals surface area (Å²) in [5.41, 5.74) is 0.414. The first-order valence-electron chi connectivity index (χ1n) is 6.59. The van der Waals surface area contributed by atoms with Crippen molar-refractivity contribution in [3.05, 3.63) is 42.4 Å². The summed E-state index contributed by atoms with van der Waals surface area (Å²) in [6.07, 6.45) is 3.72. The summed E-state index contributed by atoms with van der Waals surface area (Å²) >= 11 is 0. The second kappa shape index (κ2) is 6.70. The number of nitrogens with zero attached hydrogens (tertiary/aromatic N) is 3. The fourth-order valence-electron chi connectivity index (χ4n) is 1.86. The minimum Gasteiger partial charge on any atom is -0.370 e. The minimum absolute atomic E-state index is 0.182. The van der Waals surface area contributed by atoms with Crippen molar-refractivity contribution in [2.24, 2.45) is 5.92 Å². The van der Waals surface area contributed by atoms with E-state index in [9.17, 15) is 4.79 Å². The van der Waals surface area contributed by atoms with Gasteiger partial charge in [-0.3, -0.25) is 9.48 Å². The Bertz CT molecular complexity index is 552. The van der Waals surface area contributed by atoms with Crippen LogP contribution in [0.3, 0.4) is 0 Å². The summed E-state index contributed by atoms with van der Waals surface area (Å²) in [5, 5.41) is 9.99. The quantitative estimate of drug-likeness (QED) is 0.834. The number of carbonyl (C=O) groups is 1. The second-order valence-electron chi connectivity index (χ2n) is 4.70. The van der Waals surface area contributed by atoms with E-state index in [1.807, 2.05) is 29.1 Å². The first-order chi connectivity index (χ1) is 9.69. The molecular weight excluding hydrogens is 254 g/mol. The molecule has 6 nitrogen and oxygen atoms in total. The lowest BCUT2D eigenvalue weighted by Gasteiger charge is -2.13. The van der Waals surface area contributed by atoms with Gasteiger partial charge in [0.1, 0.15) is 11.5 Å². The Labute approximate surface area is 118 Å². The third kappa shape index (κ3) is 3.81. The molecule has 0 radical (unpaired) electrons. The van der Waals surface area contributed by atoms with Crippen molar-refractivity contribution in [1.29, 1.82) is 0 Å². The molecule has 0 aliphatic heterocycles. The molecule has 1 unspecified atom stereocenters. The van der Waals surface area contributed by atoms with Crippen LogP contribution in [0.2, 0.25) is 0 Å². The van der Waals surface area contributed by atoms with Crippen LogP contribution in [0, 0.1) is 5.92 Å². The molecule has 2 aromatic heterocycles. The summed E-state index contributed by atoms with van der Waals surface area (Å²) in [6, 6.07) is 7.27. The van der Waals surface area contributed by atoms with Crippen molar-refractivity contribution >= 4 is 11.7 Å². The molecule has 0 aliphatic carbocycles. The molecule has 2 N–H and O–H groups in total. The van der Waals surface area contributed by atoms with Crippen LogP contribution in [-0.4, -0.2) is 34.3 Å². The van der Waals surface area contributed by atoms with E-state index in [1.54, 1.807) is 19.3 Å². The maximum atomic E-state index is 11.5. The molecule has 0 saturated heterocycles. The Morgan fingerprint density at radius 2 is 2.25 bits per heavy atom. The average molecular weight is 273 g/mol. The third-order valence-electron chi connectivity index (χ3n) is 2.90. The Kier molecular flexibility index (Phi) is 4.70. The van der Waals surface area contributed by atoms with Gasteiger partial charge in [-0.05, 0) is 24.1 Å². The van der Waals surface area contributed by atoms with Gasteiger partial charge in [-0.1, -0.05) is 13.0 Å². The smallest absolute Gasteiger partial charge is 0.269 e. The van der Waals surface area contributed by atoms with Crippen LogP contribution in [-0.2, 0) is 6.54 Å². The predicted octanol–water partition coefficient (Wildman–Crippen LogP) is 1.39. The third-order valence-corrected chi connectivity index (χ3v) is 2.90. The number of pyridine rings is 1. The molecule has 2 aromatic rings. The molecular formula is C14H19N5O. The van der Waals surface area contributed by atoms with Gasteiger partial charge < -0.3 is 10.6 Å². The SMILES string of the molecule is CNC(=O)c1cccc(NCC(C)Cn2cccn2)n1. The van der Waals surface area contributed by atoms with E-state index >= 15 is 0 Å². The van der Waals surface area contributed by atoms with Crippen LogP contribution in [0.5, 0.6) is 0 Å². The van der Waals surface area contributed by atoms with E-state index in [1.165, 1.54) is 0 Å². The number of hydrogen-bond acceptors (Lipinski definition) is 4. The molecule has 0 aliphatic rings. The van der Waals surface area contributed by atoms with E-state index in [0.29, 0.717) is 17.4 Å². The standard InChI is InChI=1S/C14H19N5O/c1-11(10-19-8-4-7-17-19)9-16-13-6-3-5-12(18-13)14(20)15-2/h3-8,11H,9-10H2,1-2H3,(H,15,20)(H,16,18). The molecule has 6 heteroatoms. The summed E-state index contributed by atoms with van der Waals surface area (Å²) < 4.78 is 1.90. The van der Waals surface area contributed by atoms with E-state index < -0.39 is 0 Å². The minimum atomic E-state index is -0.182. The molecule has 0 aromatic carbocycles. The highest BCUT2D eigenvalue weighted by molar-refractivity contribution is 5.92. The lowest BCUT2D eigenvalue weighted by molar-refractivity contribution is 0.0958. The van der Waals surface area contributed by atoms with E-state index in [2.05, 4.69) is 27.6 Å². The second-order valence-corrected chi connectivity index (χ2v) is 4.70. The normalized spacial score (nSPS) is 11.9. The molecule has 106 valence electrons. The molecule has 0 bridgehead atoms. The number of carbonyl (C=O) groups excluding carboxylic acids is 1. The monoisotopic (exact) mass is 273 g/mol. The van der Waals surface area contributed by atoms with Gasteiger partial charge in [0, 0.05) is 32.5 Å². The zero-order valence-electron chi connectivity index (χ0n) is 11.7. The molecule has 0 fully saturated rings. The van der Waals surface area contributed by atoms with Crippen molar-refractivity contribution < 1.29 is 4.79 Å². The van der Waals surface area contributed by atoms with Crippen molar-refractivity contribution in [3.8, 4) is 0 Å². The van der Waals surface area contributed by atoms with Gasteiger partial charge in [-0.2, -0.15) is 5.10 Å². The van der Waals surface area contributed by atoms with Gasteiger partial charge in [0.05, 0.1) is 0 Å². The van der Waals surface area contributed by atoms with Crippen LogP contribution < -0.4 is 10.6 Å². The Hall–Kier alpha value is -2.37. The average Bonchev–Trinajstić information content (AvgIpc) is 2.97. The van der Waals surface area contributed by atoms with E-state index in [-0.39, 0.29) is 5.91 Å². The first kappa shape index (κ1) is 14.0. The molecule has 2 rings (SSSR count). The fourth-order valence-corrected chi connectivity index (χ4v) is 1.86. The first-order valence-corrected chi connectivity index (χ1v) is 6.59. The van der Waals surface area contributed by atoms with Crippen molar-refractivity contribution in [2.75, 3.05) is 18.9 Å². The van der Waals surface area contributed by atoms with Crippen LogP contribution >= 0.6 is 0 Å². The summed E-state index contributed by atoms with van der Waals surface area (Å²) in [7, 11) is 1.59. The Balaban J connectivity index is 1.88. The van der Waals surface area contributed by atoms with Gasteiger partial charge in [0.25, 0.3) is 5.91 Å². The van der Waals surface area contributed by atoms with Gasteiger partial charge in [0.2, 0.25) is 0 Å². The lowest BCUT2D eigenvalue weighted by atomic mass is 10.2. The van der Waals surface area contributed by atoms with Crippen LogP contribution in [0.4, 0.5) is 5.82 Å². The number of anilines is 1. The number of rotatable bonds is 6. The Morgan fingerprint density at radius 3 is 2.95 bits per heavy atom. The zero-order valence-corrected chi connectivity index (χ0v) is 11.7. The highest BCUT2D eigenvalue weighted by atomic mass is 16.1. The van der Waals surface area contributed by atoms with Gasteiger partial charge in [0.15, 0.2) is 0 Å². The van der Waals surface area contributed by atoms with Crippen LogP contribution in [0.25, 0.3) is 0 Å². The topological polar surface area (TPSA) is 71.8 Å². The molecule has 20 heavy (non-hydrogen) atoms. The summed E-state index contributed by atoms with van der Waals surface area (Å²) in [5.74, 6) is 0.928. The highest BCUT2D eigenvalue weighted by Crippen LogP contribution is 2.07. The molecule has 2 heterocycles. The number of nitrogens with one attached hydrogen (secondary N) is 2. The number of amides is 1. The number of aromatic nitrogens is 3. The molecule has 1 amide bonds. The fraction of sp³-hybridized carbons (Fsp3) is 0.357. The molecule has 0 saturated carbocycles. The maximum absolute atomic E-state index is 11.5. The van der Waals surface area contributed by atoms with Gasteiger partial charge in [-0.15, -0.1) is 0 Å². The maximum Gasteiger partial charge on any atom is 0.269 e. The predicted molar refractivity (Wildman–Crippen MR) is 77.5 cm³/mol. The highest BCUT2D eigenvalue weighted by Gasteiger charge is 2.07. The zero-order chi connectivity index (χ0) is 14.4. The van der Waals surface area contributed by atoms with Crippen LogP contribution in [0.15, 0.2) is 36.7 Å². The van der Waals surface area contributed by atoms with Crippen LogP contribution in [0.1, 0.15) is 17.4 Å². The largest absolute Gasteiger partial charge is 0.370 e.